The highest BCUT2D eigenvalue weighted by molar-refractivity contribution is 5.78. The molecule has 0 bridgehead atoms. The van der Waals surface area contributed by atoms with Crippen LogP contribution in [0.15, 0.2) is 24.3 Å². The third-order valence-corrected chi connectivity index (χ3v) is 3.87. The van der Waals surface area contributed by atoms with Crippen LogP contribution in [0, 0.1) is 0 Å². The Morgan fingerprint density at radius 3 is 2.58 bits per heavy atom. The Hall–Kier alpha value is -2.28. The lowest BCUT2D eigenvalue weighted by Crippen LogP contribution is -2.50. The van der Waals surface area contributed by atoms with Crippen molar-refractivity contribution in [1.82, 2.24) is 5.32 Å². The fourth-order valence-corrected chi connectivity index (χ4v) is 2.63. The lowest BCUT2D eigenvalue weighted by Gasteiger charge is -2.27. The highest BCUT2D eigenvalue weighted by Gasteiger charge is 2.38. The maximum absolute atomic E-state index is 12.0. The number of methoxy groups -OCH3 is 1. The van der Waals surface area contributed by atoms with Crippen LogP contribution in [0.1, 0.15) is 25.7 Å². The summed E-state index contributed by atoms with van der Waals surface area (Å²) < 4.78 is 15.9. The van der Waals surface area contributed by atoms with Crippen molar-refractivity contribution < 1.29 is 28.9 Å². The number of carboxylic acid groups (broad SMARTS) is 1. The third-order valence-electron chi connectivity index (χ3n) is 3.87. The van der Waals surface area contributed by atoms with Crippen LogP contribution in [-0.4, -0.2) is 49.5 Å². The summed E-state index contributed by atoms with van der Waals surface area (Å²) in [5.41, 5.74) is -0.778. The molecule has 7 heteroatoms. The molecule has 1 saturated heterocycles. The van der Waals surface area contributed by atoms with Crippen LogP contribution >= 0.6 is 0 Å². The minimum atomic E-state index is -0.941. The second-order valence-electron chi connectivity index (χ2n) is 5.83. The van der Waals surface area contributed by atoms with Crippen LogP contribution in [-0.2, 0) is 14.3 Å². The zero-order valence-electron chi connectivity index (χ0n) is 13.7. The average Bonchev–Trinajstić information content (AvgIpc) is 2.99. The van der Waals surface area contributed by atoms with Gasteiger partial charge in [-0.25, -0.2) is 0 Å². The number of carbonyl (C=O) groups is 2. The number of rotatable bonds is 9. The number of carboxylic acids is 1. The monoisotopic (exact) mass is 337 g/mol. The van der Waals surface area contributed by atoms with Crippen LogP contribution in [0.25, 0.3) is 0 Å². The van der Waals surface area contributed by atoms with Crippen molar-refractivity contribution in [2.24, 2.45) is 0 Å². The number of hydrogen-bond acceptors (Lipinski definition) is 5. The molecule has 1 fully saturated rings. The number of hydrogen-bond donors (Lipinski definition) is 2. The number of nitrogens with one attached hydrogen (secondary N) is 1. The van der Waals surface area contributed by atoms with Gasteiger partial charge in [-0.3, -0.25) is 9.59 Å². The Morgan fingerprint density at radius 2 is 2.00 bits per heavy atom. The Balaban J connectivity index is 1.71. The molecule has 0 spiro atoms. The van der Waals surface area contributed by atoms with Crippen molar-refractivity contribution >= 4 is 11.9 Å². The molecule has 1 aromatic carbocycles. The van der Waals surface area contributed by atoms with E-state index in [4.69, 9.17) is 19.3 Å². The van der Waals surface area contributed by atoms with Crippen molar-refractivity contribution in [2.75, 3.05) is 26.9 Å². The fraction of sp³-hybridized carbons (Fsp3) is 0.529. The van der Waals surface area contributed by atoms with Gasteiger partial charge in [-0.15, -0.1) is 0 Å². The fourth-order valence-electron chi connectivity index (χ4n) is 2.63. The summed E-state index contributed by atoms with van der Waals surface area (Å²) >= 11 is 0. The Bertz CT molecular complexity index is 551. The van der Waals surface area contributed by atoms with Crippen LogP contribution in [0.2, 0.25) is 0 Å². The van der Waals surface area contributed by atoms with E-state index in [1.165, 1.54) is 0 Å². The van der Waals surface area contributed by atoms with Gasteiger partial charge in [0, 0.05) is 13.0 Å². The van der Waals surface area contributed by atoms with E-state index in [0.29, 0.717) is 31.8 Å². The molecule has 2 N–H and O–H groups in total. The molecular weight excluding hydrogens is 314 g/mol. The molecule has 2 rings (SSSR count). The SMILES string of the molecule is COc1ccc(OCCCC(=O)NC2(CC(=O)O)CCOC2)cc1. The Morgan fingerprint density at radius 1 is 1.29 bits per heavy atom. The smallest absolute Gasteiger partial charge is 0.305 e. The maximum Gasteiger partial charge on any atom is 0.305 e. The molecule has 1 aromatic rings. The third kappa shape index (κ3) is 5.42. The highest BCUT2D eigenvalue weighted by atomic mass is 16.5. The van der Waals surface area contributed by atoms with Gasteiger partial charge in [0.1, 0.15) is 11.5 Å². The second kappa shape index (κ2) is 8.54. The van der Waals surface area contributed by atoms with Crippen molar-refractivity contribution in [1.29, 1.82) is 0 Å². The molecule has 24 heavy (non-hydrogen) atoms. The lowest BCUT2D eigenvalue weighted by atomic mass is 9.94. The largest absolute Gasteiger partial charge is 0.497 e. The molecule has 0 radical (unpaired) electrons. The number of carbonyl (C=O) groups excluding carboxylic acids is 1. The van der Waals surface area contributed by atoms with Gasteiger partial charge in [-0.05, 0) is 37.1 Å². The van der Waals surface area contributed by atoms with Crippen LogP contribution in [0.4, 0.5) is 0 Å². The number of aliphatic carboxylic acids is 1. The Labute approximate surface area is 140 Å². The summed E-state index contributed by atoms with van der Waals surface area (Å²) in [5, 5.41) is 11.8. The molecule has 1 amide bonds. The predicted molar refractivity (Wildman–Crippen MR) is 86.3 cm³/mol. The van der Waals surface area contributed by atoms with Gasteiger partial charge in [0.05, 0.1) is 32.3 Å². The summed E-state index contributed by atoms with van der Waals surface area (Å²) in [6.45, 7) is 1.11. The average molecular weight is 337 g/mol. The van der Waals surface area contributed by atoms with Gasteiger partial charge < -0.3 is 24.6 Å². The molecular formula is C17H23NO6. The molecule has 1 aliphatic rings. The summed E-state index contributed by atoms with van der Waals surface area (Å²) in [6, 6.07) is 7.21. The van der Waals surface area contributed by atoms with E-state index in [1.54, 1.807) is 31.4 Å². The quantitative estimate of drug-likeness (QED) is 0.665. The van der Waals surface area contributed by atoms with E-state index in [2.05, 4.69) is 5.32 Å². The first-order valence-electron chi connectivity index (χ1n) is 7.90. The van der Waals surface area contributed by atoms with Crippen LogP contribution in [0.3, 0.4) is 0 Å². The van der Waals surface area contributed by atoms with Gasteiger partial charge >= 0.3 is 5.97 Å². The first kappa shape index (κ1) is 18.1. The van der Waals surface area contributed by atoms with E-state index in [1.807, 2.05) is 0 Å². The minimum Gasteiger partial charge on any atom is -0.497 e. The zero-order chi connectivity index (χ0) is 17.4. The van der Waals surface area contributed by atoms with Gasteiger partial charge in [0.15, 0.2) is 0 Å². The number of benzene rings is 1. The molecule has 7 nitrogen and oxygen atoms in total. The molecule has 1 aliphatic heterocycles. The topological polar surface area (TPSA) is 94.1 Å². The standard InChI is InChI=1S/C17H23NO6/c1-22-13-4-6-14(7-5-13)24-9-2-3-15(19)18-17(11-16(20)21)8-10-23-12-17/h4-7H,2-3,8-12H2,1H3,(H,18,19)(H,20,21). The van der Waals surface area contributed by atoms with E-state index < -0.39 is 11.5 Å². The molecule has 0 aromatic heterocycles. The maximum atomic E-state index is 12.0. The first-order valence-corrected chi connectivity index (χ1v) is 7.90. The molecule has 0 saturated carbocycles. The summed E-state index contributed by atoms with van der Waals surface area (Å²) in [4.78, 5) is 23.0. The van der Waals surface area contributed by atoms with E-state index in [9.17, 15) is 9.59 Å². The van der Waals surface area contributed by atoms with Crippen molar-refractivity contribution in [3.8, 4) is 11.5 Å². The van der Waals surface area contributed by atoms with E-state index in [-0.39, 0.29) is 25.4 Å². The van der Waals surface area contributed by atoms with E-state index in [0.717, 1.165) is 5.75 Å². The van der Waals surface area contributed by atoms with Crippen LogP contribution in [0.5, 0.6) is 11.5 Å². The Kier molecular flexibility index (Phi) is 6.43. The van der Waals surface area contributed by atoms with Gasteiger partial charge in [0.2, 0.25) is 5.91 Å². The zero-order valence-corrected chi connectivity index (χ0v) is 13.7. The summed E-state index contributed by atoms with van der Waals surface area (Å²) in [7, 11) is 1.60. The minimum absolute atomic E-state index is 0.124. The number of ether oxygens (including phenoxy) is 3. The molecule has 1 unspecified atom stereocenters. The lowest BCUT2D eigenvalue weighted by molar-refractivity contribution is -0.139. The van der Waals surface area contributed by atoms with Crippen molar-refractivity contribution in [2.45, 2.75) is 31.2 Å². The van der Waals surface area contributed by atoms with Crippen LogP contribution < -0.4 is 14.8 Å². The molecule has 132 valence electrons. The van der Waals surface area contributed by atoms with Gasteiger partial charge in [0.25, 0.3) is 0 Å². The molecule has 1 heterocycles. The highest BCUT2D eigenvalue weighted by Crippen LogP contribution is 2.23. The van der Waals surface area contributed by atoms with Gasteiger partial charge in [-0.2, -0.15) is 0 Å². The summed E-state index contributed by atoms with van der Waals surface area (Å²) in [5.74, 6) is 0.343. The number of amides is 1. The molecule has 1 atom stereocenters. The van der Waals surface area contributed by atoms with Crippen molar-refractivity contribution in [3.63, 3.8) is 0 Å². The van der Waals surface area contributed by atoms with Gasteiger partial charge in [-0.1, -0.05) is 0 Å². The predicted octanol–water partition coefficient (Wildman–Crippen LogP) is 1.60. The second-order valence-corrected chi connectivity index (χ2v) is 5.83. The normalized spacial score (nSPS) is 19.7. The summed E-state index contributed by atoms with van der Waals surface area (Å²) in [6.07, 6.45) is 1.22. The first-order chi connectivity index (χ1) is 11.5. The molecule has 0 aliphatic carbocycles. The van der Waals surface area contributed by atoms with E-state index >= 15 is 0 Å². The van der Waals surface area contributed by atoms with Crippen molar-refractivity contribution in [3.05, 3.63) is 24.3 Å².